The number of hydrogen-bond acceptors (Lipinski definition) is 4. The van der Waals surface area contributed by atoms with E-state index >= 15 is 0 Å². The van der Waals surface area contributed by atoms with Crippen molar-refractivity contribution in [2.24, 2.45) is 0 Å². The highest BCUT2D eigenvalue weighted by atomic mass is 16.2. The predicted molar refractivity (Wildman–Crippen MR) is 86.8 cm³/mol. The third-order valence-corrected chi connectivity index (χ3v) is 3.70. The summed E-state index contributed by atoms with van der Waals surface area (Å²) in [6.45, 7) is 0.557. The Morgan fingerprint density at radius 3 is 2.70 bits per heavy atom. The summed E-state index contributed by atoms with van der Waals surface area (Å²) in [7, 11) is 3.77. The van der Waals surface area contributed by atoms with Crippen LogP contribution in [0.15, 0.2) is 24.3 Å². The lowest BCUT2D eigenvalue weighted by Crippen LogP contribution is -2.48. The number of nitrogens with zero attached hydrogens (tertiary/aromatic N) is 2. The maximum atomic E-state index is 12.1. The normalized spacial score (nSPS) is 14.3. The number of hydrogen-bond donors (Lipinski definition) is 2. The summed E-state index contributed by atoms with van der Waals surface area (Å²) in [4.78, 5) is 38.9. The molecule has 1 aliphatic rings. The highest BCUT2D eigenvalue weighted by molar-refractivity contribution is 5.96. The van der Waals surface area contributed by atoms with Gasteiger partial charge in [-0.05, 0) is 31.0 Å². The van der Waals surface area contributed by atoms with Crippen LogP contribution in [0.4, 0.5) is 5.69 Å². The van der Waals surface area contributed by atoms with Gasteiger partial charge in [-0.25, -0.2) is 0 Å². The molecular weight excluding hydrogens is 296 g/mol. The van der Waals surface area contributed by atoms with Crippen molar-refractivity contribution in [3.05, 3.63) is 29.8 Å². The zero-order valence-electron chi connectivity index (χ0n) is 13.5. The van der Waals surface area contributed by atoms with E-state index in [4.69, 9.17) is 0 Å². The predicted octanol–water partition coefficient (Wildman–Crippen LogP) is 0.526. The van der Waals surface area contributed by atoms with Crippen LogP contribution >= 0.6 is 0 Å². The SMILES string of the molecule is CN(C)c1cccc(C(=O)NNC(=O)CN2CCCCC2=O)c1. The van der Waals surface area contributed by atoms with Crippen LogP contribution < -0.4 is 15.8 Å². The van der Waals surface area contributed by atoms with Crippen molar-refractivity contribution in [3.8, 4) is 0 Å². The summed E-state index contributed by atoms with van der Waals surface area (Å²) < 4.78 is 0. The van der Waals surface area contributed by atoms with Gasteiger partial charge in [-0.15, -0.1) is 0 Å². The molecule has 2 rings (SSSR count). The molecule has 0 aromatic heterocycles. The van der Waals surface area contributed by atoms with E-state index in [0.717, 1.165) is 18.5 Å². The summed E-state index contributed by atoms with van der Waals surface area (Å²) in [5.74, 6) is -0.819. The van der Waals surface area contributed by atoms with Gasteiger partial charge in [0.25, 0.3) is 11.8 Å². The largest absolute Gasteiger partial charge is 0.378 e. The number of rotatable bonds is 4. The lowest BCUT2D eigenvalue weighted by Gasteiger charge is -2.25. The average Bonchev–Trinajstić information content (AvgIpc) is 2.55. The van der Waals surface area contributed by atoms with Crippen LogP contribution in [0, 0.1) is 0 Å². The van der Waals surface area contributed by atoms with Gasteiger partial charge >= 0.3 is 0 Å². The lowest BCUT2D eigenvalue weighted by molar-refractivity contribution is -0.138. The highest BCUT2D eigenvalue weighted by Crippen LogP contribution is 2.13. The van der Waals surface area contributed by atoms with E-state index in [0.29, 0.717) is 18.5 Å². The summed E-state index contributed by atoms with van der Waals surface area (Å²) in [6.07, 6.45) is 2.26. The molecule has 3 amide bonds. The summed E-state index contributed by atoms with van der Waals surface area (Å²) in [5.41, 5.74) is 6.07. The Labute approximate surface area is 135 Å². The van der Waals surface area contributed by atoms with E-state index in [1.807, 2.05) is 25.1 Å². The van der Waals surface area contributed by atoms with Gasteiger partial charge in [0.1, 0.15) is 6.54 Å². The molecule has 1 fully saturated rings. The van der Waals surface area contributed by atoms with Crippen molar-refractivity contribution in [1.29, 1.82) is 0 Å². The van der Waals surface area contributed by atoms with Crippen LogP contribution in [0.3, 0.4) is 0 Å². The van der Waals surface area contributed by atoms with E-state index in [-0.39, 0.29) is 12.5 Å². The first-order valence-corrected chi connectivity index (χ1v) is 7.61. The maximum Gasteiger partial charge on any atom is 0.269 e. The number of carbonyl (C=O) groups is 3. The Kier molecular flexibility index (Phi) is 5.56. The molecule has 2 N–H and O–H groups in total. The van der Waals surface area contributed by atoms with Gasteiger partial charge in [0.2, 0.25) is 5.91 Å². The first-order valence-electron chi connectivity index (χ1n) is 7.61. The molecule has 1 aromatic rings. The Morgan fingerprint density at radius 1 is 1.22 bits per heavy atom. The van der Waals surface area contributed by atoms with E-state index in [2.05, 4.69) is 10.9 Å². The molecule has 1 saturated heterocycles. The fourth-order valence-electron chi connectivity index (χ4n) is 2.37. The second-order valence-electron chi connectivity index (χ2n) is 5.72. The standard InChI is InChI=1S/C16H22N4O3/c1-19(2)13-7-5-6-12(10-13)16(23)18-17-14(21)11-20-9-4-3-8-15(20)22/h5-7,10H,3-4,8-9,11H2,1-2H3,(H,17,21)(H,18,23). The number of nitrogens with one attached hydrogen (secondary N) is 2. The Balaban J connectivity index is 1.85. The van der Waals surface area contributed by atoms with E-state index < -0.39 is 11.8 Å². The number of benzene rings is 1. The molecule has 0 unspecified atom stereocenters. The van der Waals surface area contributed by atoms with Gasteiger partial charge in [-0.1, -0.05) is 6.07 Å². The van der Waals surface area contributed by atoms with Gasteiger partial charge < -0.3 is 9.80 Å². The number of likely N-dealkylation sites (tertiary alicyclic amines) is 1. The van der Waals surface area contributed by atoms with Crippen LogP contribution in [0.2, 0.25) is 0 Å². The molecule has 0 aliphatic carbocycles. The zero-order chi connectivity index (χ0) is 16.8. The Bertz CT molecular complexity index is 601. The third kappa shape index (κ3) is 4.70. The monoisotopic (exact) mass is 318 g/mol. The minimum absolute atomic E-state index is 0.0172. The van der Waals surface area contributed by atoms with Crippen LogP contribution in [-0.4, -0.2) is 49.8 Å². The third-order valence-electron chi connectivity index (χ3n) is 3.70. The van der Waals surface area contributed by atoms with Gasteiger partial charge in [0.15, 0.2) is 0 Å². The van der Waals surface area contributed by atoms with Crippen molar-refractivity contribution < 1.29 is 14.4 Å². The molecule has 0 saturated carbocycles. The molecule has 0 spiro atoms. The molecule has 124 valence electrons. The van der Waals surface area contributed by atoms with Crippen molar-refractivity contribution in [2.75, 3.05) is 32.1 Å². The molecule has 0 bridgehead atoms. The zero-order valence-corrected chi connectivity index (χ0v) is 13.5. The molecule has 23 heavy (non-hydrogen) atoms. The topological polar surface area (TPSA) is 81.8 Å². The minimum atomic E-state index is -0.405. The number of anilines is 1. The van der Waals surface area contributed by atoms with E-state index in [9.17, 15) is 14.4 Å². The first kappa shape index (κ1) is 16.8. The van der Waals surface area contributed by atoms with Crippen molar-refractivity contribution in [2.45, 2.75) is 19.3 Å². The smallest absolute Gasteiger partial charge is 0.269 e. The summed E-state index contributed by atoms with van der Waals surface area (Å²) in [5, 5.41) is 0. The Hall–Kier alpha value is -2.57. The van der Waals surface area contributed by atoms with Crippen LogP contribution in [-0.2, 0) is 9.59 Å². The fraction of sp³-hybridized carbons (Fsp3) is 0.438. The summed E-state index contributed by atoms with van der Waals surface area (Å²) >= 11 is 0. The number of carbonyl (C=O) groups excluding carboxylic acids is 3. The average molecular weight is 318 g/mol. The quantitative estimate of drug-likeness (QED) is 0.793. The minimum Gasteiger partial charge on any atom is -0.378 e. The highest BCUT2D eigenvalue weighted by Gasteiger charge is 2.20. The van der Waals surface area contributed by atoms with E-state index in [1.165, 1.54) is 4.90 Å². The molecule has 0 atom stereocenters. The summed E-state index contributed by atoms with van der Waals surface area (Å²) in [6, 6.07) is 7.06. The molecular formula is C16H22N4O3. The van der Waals surface area contributed by atoms with Crippen LogP contribution in [0.1, 0.15) is 29.6 Å². The van der Waals surface area contributed by atoms with Gasteiger partial charge in [-0.2, -0.15) is 0 Å². The van der Waals surface area contributed by atoms with Gasteiger partial charge in [0.05, 0.1) is 0 Å². The van der Waals surface area contributed by atoms with Crippen LogP contribution in [0.25, 0.3) is 0 Å². The first-order chi connectivity index (χ1) is 11.0. The molecule has 7 heteroatoms. The number of hydrazine groups is 1. The molecule has 0 radical (unpaired) electrons. The Morgan fingerprint density at radius 2 is 2.00 bits per heavy atom. The van der Waals surface area contributed by atoms with Gasteiger partial charge in [0, 0.05) is 38.3 Å². The van der Waals surface area contributed by atoms with Crippen LogP contribution in [0.5, 0.6) is 0 Å². The molecule has 1 aromatic carbocycles. The van der Waals surface area contributed by atoms with E-state index in [1.54, 1.807) is 18.2 Å². The van der Waals surface area contributed by atoms with Gasteiger partial charge in [-0.3, -0.25) is 25.2 Å². The number of piperidine rings is 1. The second-order valence-corrected chi connectivity index (χ2v) is 5.72. The fourth-order valence-corrected chi connectivity index (χ4v) is 2.37. The van der Waals surface area contributed by atoms with Crippen molar-refractivity contribution >= 4 is 23.4 Å². The molecule has 7 nitrogen and oxygen atoms in total. The molecule has 1 heterocycles. The van der Waals surface area contributed by atoms with Crippen molar-refractivity contribution in [3.63, 3.8) is 0 Å². The lowest BCUT2D eigenvalue weighted by atomic mass is 10.1. The number of amides is 3. The molecule has 1 aliphatic heterocycles. The van der Waals surface area contributed by atoms with Crippen molar-refractivity contribution in [1.82, 2.24) is 15.8 Å². The maximum absolute atomic E-state index is 12.1. The second kappa shape index (κ2) is 7.62.